The van der Waals surface area contributed by atoms with E-state index in [4.69, 9.17) is 4.74 Å². The van der Waals surface area contributed by atoms with Crippen molar-refractivity contribution in [2.45, 2.75) is 19.1 Å². The van der Waals surface area contributed by atoms with Crippen LogP contribution in [0.25, 0.3) is 0 Å². The van der Waals surface area contributed by atoms with E-state index in [1.807, 2.05) is 0 Å². The summed E-state index contributed by atoms with van der Waals surface area (Å²) in [6.07, 6.45) is -3.83. The fourth-order valence-corrected chi connectivity index (χ4v) is 1.53. The SMILES string of the molecule is COCCCNCc1ccc(F)cc1C(F)(F)F. The van der Waals surface area contributed by atoms with Crippen molar-refractivity contribution < 1.29 is 22.3 Å². The molecule has 1 aromatic carbocycles. The van der Waals surface area contributed by atoms with Gasteiger partial charge in [-0.25, -0.2) is 4.39 Å². The largest absolute Gasteiger partial charge is 0.416 e. The number of rotatable bonds is 6. The molecule has 1 N–H and O–H groups in total. The van der Waals surface area contributed by atoms with Crippen LogP contribution in [0.2, 0.25) is 0 Å². The van der Waals surface area contributed by atoms with Gasteiger partial charge in [0.2, 0.25) is 0 Å². The number of nitrogens with one attached hydrogen (secondary N) is 1. The van der Waals surface area contributed by atoms with Crippen LogP contribution in [0.1, 0.15) is 17.5 Å². The highest BCUT2D eigenvalue weighted by Crippen LogP contribution is 2.32. The van der Waals surface area contributed by atoms with Gasteiger partial charge < -0.3 is 10.1 Å². The summed E-state index contributed by atoms with van der Waals surface area (Å²) in [4.78, 5) is 0. The van der Waals surface area contributed by atoms with Crippen molar-refractivity contribution in [1.29, 1.82) is 0 Å². The van der Waals surface area contributed by atoms with Crippen LogP contribution in [0, 0.1) is 5.82 Å². The molecule has 0 fully saturated rings. The van der Waals surface area contributed by atoms with E-state index in [2.05, 4.69) is 5.32 Å². The van der Waals surface area contributed by atoms with E-state index in [0.29, 0.717) is 25.6 Å². The molecule has 0 heterocycles. The molecule has 0 bridgehead atoms. The standard InChI is InChI=1S/C12H15F4NO/c1-18-6-2-5-17-8-9-3-4-10(13)7-11(9)12(14,15)16/h3-4,7,17H,2,5-6,8H2,1H3. The normalized spacial score (nSPS) is 11.8. The van der Waals surface area contributed by atoms with Gasteiger partial charge in [0.1, 0.15) is 5.82 Å². The fraction of sp³-hybridized carbons (Fsp3) is 0.500. The van der Waals surface area contributed by atoms with Crippen molar-refractivity contribution in [3.05, 3.63) is 35.1 Å². The molecule has 102 valence electrons. The first kappa shape index (κ1) is 14.9. The summed E-state index contributed by atoms with van der Waals surface area (Å²) < 4.78 is 55.6. The van der Waals surface area contributed by atoms with Gasteiger partial charge in [-0.1, -0.05) is 6.07 Å². The highest BCUT2D eigenvalue weighted by Gasteiger charge is 2.33. The third kappa shape index (κ3) is 4.62. The zero-order chi connectivity index (χ0) is 13.6. The minimum Gasteiger partial charge on any atom is -0.385 e. The average Bonchev–Trinajstić information content (AvgIpc) is 2.29. The van der Waals surface area contributed by atoms with Crippen molar-refractivity contribution in [2.75, 3.05) is 20.3 Å². The summed E-state index contributed by atoms with van der Waals surface area (Å²) in [5.41, 5.74) is -0.886. The molecule has 0 amide bonds. The number of benzene rings is 1. The van der Waals surface area contributed by atoms with Crippen LogP contribution in [0.15, 0.2) is 18.2 Å². The van der Waals surface area contributed by atoms with Crippen LogP contribution < -0.4 is 5.32 Å². The Morgan fingerprint density at radius 2 is 2.00 bits per heavy atom. The molecule has 6 heteroatoms. The Labute approximate surface area is 103 Å². The van der Waals surface area contributed by atoms with Crippen LogP contribution >= 0.6 is 0 Å². The summed E-state index contributed by atoms with van der Waals surface area (Å²) >= 11 is 0. The smallest absolute Gasteiger partial charge is 0.385 e. The zero-order valence-electron chi connectivity index (χ0n) is 9.98. The molecule has 0 aromatic heterocycles. The second kappa shape index (κ2) is 6.70. The minimum absolute atomic E-state index is 0.0429. The molecule has 0 aliphatic rings. The Bertz CT molecular complexity index is 379. The van der Waals surface area contributed by atoms with Crippen LogP contribution in [0.5, 0.6) is 0 Å². The van der Waals surface area contributed by atoms with Gasteiger partial charge in [0.05, 0.1) is 5.56 Å². The maximum absolute atomic E-state index is 12.8. The lowest BCUT2D eigenvalue weighted by Gasteiger charge is -2.13. The van der Waals surface area contributed by atoms with E-state index in [1.54, 1.807) is 7.11 Å². The van der Waals surface area contributed by atoms with Gasteiger partial charge in [-0.3, -0.25) is 0 Å². The number of methoxy groups -OCH3 is 1. The summed E-state index contributed by atoms with van der Waals surface area (Å²) in [7, 11) is 1.56. The van der Waals surface area contributed by atoms with Gasteiger partial charge in [-0.2, -0.15) is 13.2 Å². The van der Waals surface area contributed by atoms with Gasteiger partial charge in [-0.15, -0.1) is 0 Å². The first-order chi connectivity index (χ1) is 8.45. The van der Waals surface area contributed by atoms with Gasteiger partial charge in [0, 0.05) is 20.3 Å². The summed E-state index contributed by atoms with van der Waals surface area (Å²) in [5, 5.41) is 2.87. The number of halogens is 4. The Hall–Kier alpha value is -1.14. The van der Waals surface area contributed by atoms with E-state index < -0.39 is 17.6 Å². The zero-order valence-corrected chi connectivity index (χ0v) is 9.98. The Morgan fingerprint density at radius 1 is 1.28 bits per heavy atom. The van der Waals surface area contributed by atoms with E-state index in [9.17, 15) is 17.6 Å². The fourth-order valence-electron chi connectivity index (χ4n) is 1.53. The Kier molecular flexibility index (Phi) is 5.55. The molecule has 0 saturated carbocycles. The summed E-state index contributed by atoms with van der Waals surface area (Å²) in [6, 6.07) is 2.70. The van der Waals surface area contributed by atoms with Crippen LogP contribution in [-0.2, 0) is 17.5 Å². The Balaban J connectivity index is 2.65. The minimum atomic E-state index is -4.54. The van der Waals surface area contributed by atoms with E-state index in [-0.39, 0.29) is 12.1 Å². The number of hydrogen-bond acceptors (Lipinski definition) is 2. The highest BCUT2D eigenvalue weighted by molar-refractivity contribution is 5.30. The van der Waals surface area contributed by atoms with E-state index >= 15 is 0 Å². The molecule has 1 rings (SSSR count). The molecule has 0 spiro atoms. The van der Waals surface area contributed by atoms with Gasteiger partial charge in [0.25, 0.3) is 0 Å². The molecular formula is C12H15F4NO. The second-order valence-electron chi connectivity index (χ2n) is 3.82. The van der Waals surface area contributed by atoms with Crippen LogP contribution in [-0.4, -0.2) is 20.3 Å². The molecule has 0 saturated heterocycles. The maximum Gasteiger partial charge on any atom is 0.416 e. The number of hydrogen-bond donors (Lipinski definition) is 1. The molecule has 0 radical (unpaired) electrons. The molecule has 2 nitrogen and oxygen atoms in total. The van der Waals surface area contributed by atoms with Crippen LogP contribution in [0.3, 0.4) is 0 Å². The Morgan fingerprint density at radius 3 is 2.61 bits per heavy atom. The predicted octanol–water partition coefficient (Wildman–Crippen LogP) is 2.97. The first-order valence-electron chi connectivity index (χ1n) is 5.50. The molecule has 1 aromatic rings. The quantitative estimate of drug-likeness (QED) is 0.630. The lowest BCUT2D eigenvalue weighted by molar-refractivity contribution is -0.138. The van der Waals surface area contributed by atoms with Crippen molar-refractivity contribution in [1.82, 2.24) is 5.32 Å². The van der Waals surface area contributed by atoms with Crippen molar-refractivity contribution in [2.24, 2.45) is 0 Å². The molecule has 0 unspecified atom stereocenters. The topological polar surface area (TPSA) is 21.3 Å². The second-order valence-corrected chi connectivity index (χ2v) is 3.82. The maximum atomic E-state index is 12.8. The number of ether oxygens (including phenoxy) is 1. The molecule has 0 aliphatic heterocycles. The summed E-state index contributed by atoms with van der Waals surface area (Å²) in [6.45, 7) is 1.14. The highest BCUT2D eigenvalue weighted by atomic mass is 19.4. The lowest BCUT2D eigenvalue weighted by atomic mass is 10.1. The van der Waals surface area contributed by atoms with Crippen molar-refractivity contribution in [3.63, 3.8) is 0 Å². The third-order valence-electron chi connectivity index (χ3n) is 2.39. The monoisotopic (exact) mass is 265 g/mol. The predicted molar refractivity (Wildman–Crippen MR) is 59.6 cm³/mol. The van der Waals surface area contributed by atoms with Gasteiger partial charge in [-0.05, 0) is 30.7 Å². The first-order valence-corrected chi connectivity index (χ1v) is 5.50. The summed E-state index contributed by atoms with van der Waals surface area (Å²) in [5.74, 6) is -0.884. The van der Waals surface area contributed by atoms with Crippen LogP contribution in [0.4, 0.5) is 17.6 Å². The lowest BCUT2D eigenvalue weighted by Crippen LogP contribution is -2.19. The molecule has 0 atom stereocenters. The van der Waals surface area contributed by atoms with Gasteiger partial charge >= 0.3 is 6.18 Å². The third-order valence-corrected chi connectivity index (χ3v) is 2.39. The van der Waals surface area contributed by atoms with Crippen molar-refractivity contribution in [3.8, 4) is 0 Å². The molecular weight excluding hydrogens is 250 g/mol. The molecule has 18 heavy (non-hydrogen) atoms. The van der Waals surface area contributed by atoms with Gasteiger partial charge in [0.15, 0.2) is 0 Å². The van der Waals surface area contributed by atoms with E-state index in [0.717, 1.165) is 12.1 Å². The average molecular weight is 265 g/mol. The van der Waals surface area contributed by atoms with Crippen molar-refractivity contribution >= 4 is 0 Å². The van der Waals surface area contributed by atoms with E-state index in [1.165, 1.54) is 0 Å². The number of alkyl halides is 3. The molecule has 0 aliphatic carbocycles.